The number of carbonyl (C=O) groups excluding carboxylic acids is 1. The smallest absolute Gasteiger partial charge is 0.251 e. The lowest BCUT2D eigenvalue weighted by Gasteiger charge is -2.07. The van der Waals surface area contributed by atoms with Crippen LogP contribution in [0.2, 0.25) is 0 Å². The van der Waals surface area contributed by atoms with Gasteiger partial charge in [-0.25, -0.2) is 4.98 Å². The van der Waals surface area contributed by atoms with Crippen LogP contribution in [0.4, 0.5) is 5.82 Å². The van der Waals surface area contributed by atoms with Gasteiger partial charge in [-0.2, -0.15) is 0 Å². The Labute approximate surface area is 125 Å². The van der Waals surface area contributed by atoms with Gasteiger partial charge in [0.2, 0.25) is 0 Å². The van der Waals surface area contributed by atoms with E-state index >= 15 is 0 Å². The standard InChI is InChI=1S/C17H21N3O/c1-14-7-6-8-15(13-14)17(21)20-12-5-4-11-19-16-9-2-3-10-18-16/h2-3,6-10,13H,4-5,11-12H2,1H3,(H,18,19)(H,20,21). The highest BCUT2D eigenvalue weighted by Gasteiger charge is 2.03. The van der Waals surface area contributed by atoms with Crippen molar-refractivity contribution in [3.05, 3.63) is 59.8 Å². The summed E-state index contributed by atoms with van der Waals surface area (Å²) in [4.78, 5) is 16.1. The minimum absolute atomic E-state index is 0.00335. The number of anilines is 1. The largest absolute Gasteiger partial charge is 0.370 e. The van der Waals surface area contributed by atoms with Gasteiger partial charge in [0.1, 0.15) is 5.82 Å². The summed E-state index contributed by atoms with van der Waals surface area (Å²) in [7, 11) is 0. The van der Waals surface area contributed by atoms with Crippen LogP contribution in [0.5, 0.6) is 0 Å². The first-order valence-electron chi connectivity index (χ1n) is 7.25. The molecule has 0 radical (unpaired) electrons. The van der Waals surface area contributed by atoms with Crippen molar-refractivity contribution in [2.24, 2.45) is 0 Å². The van der Waals surface area contributed by atoms with Crippen LogP contribution < -0.4 is 10.6 Å². The van der Waals surface area contributed by atoms with E-state index < -0.39 is 0 Å². The number of pyridine rings is 1. The van der Waals surface area contributed by atoms with Crippen molar-refractivity contribution in [1.29, 1.82) is 0 Å². The van der Waals surface area contributed by atoms with Crippen LogP contribution in [-0.4, -0.2) is 24.0 Å². The molecule has 0 aliphatic rings. The van der Waals surface area contributed by atoms with Crippen molar-refractivity contribution in [3.63, 3.8) is 0 Å². The number of hydrogen-bond acceptors (Lipinski definition) is 3. The summed E-state index contributed by atoms with van der Waals surface area (Å²) < 4.78 is 0. The van der Waals surface area contributed by atoms with Crippen molar-refractivity contribution in [2.75, 3.05) is 18.4 Å². The van der Waals surface area contributed by atoms with Gasteiger partial charge in [-0.1, -0.05) is 23.8 Å². The van der Waals surface area contributed by atoms with Crippen LogP contribution in [0.25, 0.3) is 0 Å². The molecule has 1 aromatic heterocycles. The summed E-state index contributed by atoms with van der Waals surface area (Å²) in [5.74, 6) is 0.887. The average Bonchev–Trinajstić information content (AvgIpc) is 2.51. The van der Waals surface area contributed by atoms with Gasteiger partial charge >= 0.3 is 0 Å². The molecule has 0 aliphatic heterocycles. The Morgan fingerprint density at radius 2 is 1.95 bits per heavy atom. The van der Waals surface area contributed by atoms with E-state index in [2.05, 4.69) is 15.6 Å². The van der Waals surface area contributed by atoms with Gasteiger partial charge in [-0.3, -0.25) is 4.79 Å². The summed E-state index contributed by atoms with van der Waals surface area (Å²) in [5, 5.41) is 6.19. The van der Waals surface area contributed by atoms with Crippen LogP contribution in [0, 0.1) is 6.92 Å². The summed E-state index contributed by atoms with van der Waals surface area (Å²) in [5.41, 5.74) is 1.82. The Morgan fingerprint density at radius 1 is 1.10 bits per heavy atom. The van der Waals surface area contributed by atoms with E-state index in [9.17, 15) is 4.79 Å². The summed E-state index contributed by atoms with van der Waals surface area (Å²) in [6.45, 7) is 3.54. The third kappa shape index (κ3) is 5.26. The number of aromatic nitrogens is 1. The zero-order valence-corrected chi connectivity index (χ0v) is 12.3. The Bertz CT molecular complexity index is 569. The number of unbranched alkanes of at least 4 members (excludes halogenated alkanes) is 1. The fourth-order valence-electron chi connectivity index (χ4n) is 2.02. The van der Waals surface area contributed by atoms with E-state index in [0.717, 1.165) is 36.3 Å². The van der Waals surface area contributed by atoms with Gasteiger partial charge in [0.25, 0.3) is 5.91 Å². The number of benzene rings is 1. The second-order valence-electron chi connectivity index (χ2n) is 4.97. The lowest BCUT2D eigenvalue weighted by Crippen LogP contribution is -2.24. The van der Waals surface area contributed by atoms with Crippen molar-refractivity contribution >= 4 is 11.7 Å². The molecule has 0 aliphatic carbocycles. The molecule has 0 unspecified atom stereocenters. The first-order chi connectivity index (χ1) is 10.3. The van der Waals surface area contributed by atoms with Crippen LogP contribution in [0.1, 0.15) is 28.8 Å². The summed E-state index contributed by atoms with van der Waals surface area (Å²) in [6, 6.07) is 13.4. The summed E-state index contributed by atoms with van der Waals surface area (Å²) in [6.07, 6.45) is 3.70. The van der Waals surface area contributed by atoms with Crippen LogP contribution in [0.3, 0.4) is 0 Å². The number of nitrogens with zero attached hydrogens (tertiary/aromatic N) is 1. The van der Waals surface area contributed by atoms with Crippen molar-refractivity contribution in [3.8, 4) is 0 Å². The second-order valence-corrected chi connectivity index (χ2v) is 4.97. The molecule has 1 aromatic carbocycles. The normalized spacial score (nSPS) is 10.1. The lowest BCUT2D eigenvalue weighted by atomic mass is 10.1. The number of nitrogens with one attached hydrogen (secondary N) is 2. The van der Waals surface area contributed by atoms with E-state index in [1.807, 2.05) is 49.4 Å². The average molecular weight is 283 g/mol. The highest BCUT2D eigenvalue weighted by atomic mass is 16.1. The van der Waals surface area contributed by atoms with E-state index in [4.69, 9.17) is 0 Å². The Kier molecular flexibility index (Phi) is 5.76. The first kappa shape index (κ1) is 15.0. The van der Waals surface area contributed by atoms with Crippen LogP contribution >= 0.6 is 0 Å². The maximum Gasteiger partial charge on any atom is 0.251 e. The molecule has 110 valence electrons. The molecule has 0 saturated heterocycles. The van der Waals surface area contributed by atoms with Gasteiger partial charge in [-0.15, -0.1) is 0 Å². The molecular weight excluding hydrogens is 262 g/mol. The molecule has 4 nitrogen and oxygen atoms in total. The van der Waals surface area contributed by atoms with Gasteiger partial charge in [-0.05, 0) is 44.0 Å². The molecule has 4 heteroatoms. The molecular formula is C17H21N3O. The van der Waals surface area contributed by atoms with Crippen LogP contribution in [-0.2, 0) is 0 Å². The zero-order valence-electron chi connectivity index (χ0n) is 12.3. The van der Waals surface area contributed by atoms with Crippen LogP contribution in [0.15, 0.2) is 48.7 Å². The fourth-order valence-corrected chi connectivity index (χ4v) is 2.02. The molecule has 0 saturated carbocycles. The molecule has 0 atom stereocenters. The van der Waals surface area contributed by atoms with E-state index in [-0.39, 0.29) is 5.91 Å². The van der Waals surface area contributed by atoms with Gasteiger partial charge in [0.05, 0.1) is 0 Å². The molecule has 0 bridgehead atoms. The van der Waals surface area contributed by atoms with Gasteiger partial charge < -0.3 is 10.6 Å². The Balaban J connectivity index is 1.60. The molecule has 2 N–H and O–H groups in total. The topological polar surface area (TPSA) is 54.0 Å². The SMILES string of the molecule is Cc1cccc(C(=O)NCCCCNc2ccccn2)c1. The molecule has 1 heterocycles. The third-order valence-electron chi connectivity index (χ3n) is 3.14. The maximum atomic E-state index is 11.9. The predicted molar refractivity (Wildman–Crippen MR) is 85.5 cm³/mol. The number of hydrogen-bond donors (Lipinski definition) is 2. The fraction of sp³-hybridized carbons (Fsp3) is 0.294. The lowest BCUT2D eigenvalue weighted by molar-refractivity contribution is 0.0953. The quantitative estimate of drug-likeness (QED) is 0.768. The molecule has 1 amide bonds. The number of carbonyl (C=O) groups is 1. The molecule has 0 spiro atoms. The summed E-state index contributed by atoms with van der Waals surface area (Å²) >= 11 is 0. The van der Waals surface area contributed by atoms with E-state index in [1.165, 1.54) is 0 Å². The van der Waals surface area contributed by atoms with Gasteiger partial charge in [0, 0.05) is 24.8 Å². The molecule has 0 fully saturated rings. The van der Waals surface area contributed by atoms with Gasteiger partial charge in [0.15, 0.2) is 0 Å². The predicted octanol–water partition coefficient (Wildman–Crippen LogP) is 3.01. The highest BCUT2D eigenvalue weighted by molar-refractivity contribution is 5.94. The van der Waals surface area contributed by atoms with Crippen molar-refractivity contribution in [2.45, 2.75) is 19.8 Å². The Hall–Kier alpha value is -2.36. The van der Waals surface area contributed by atoms with Crippen molar-refractivity contribution < 1.29 is 4.79 Å². The first-order valence-corrected chi connectivity index (χ1v) is 7.25. The highest BCUT2D eigenvalue weighted by Crippen LogP contribution is 2.04. The minimum atomic E-state index is -0.00335. The van der Waals surface area contributed by atoms with Crippen molar-refractivity contribution in [1.82, 2.24) is 10.3 Å². The number of amides is 1. The third-order valence-corrected chi connectivity index (χ3v) is 3.14. The number of rotatable bonds is 7. The number of aryl methyl sites for hydroxylation is 1. The zero-order chi connectivity index (χ0) is 14.9. The molecule has 2 aromatic rings. The van der Waals surface area contributed by atoms with E-state index in [1.54, 1.807) is 6.20 Å². The monoisotopic (exact) mass is 283 g/mol. The maximum absolute atomic E-state index is 11.9. The molecule has 2 rings (SSSR count). The van der Waals surface area contributed by atoms with E-state index in [0.29, 0.717) is 6.54 Å². The molecule has 21 heavy (non-hydrogen) atoms. The minimum Gasteiger partial charge on any atom is -0.370 e. The Morgan fingerprint density at radius 3 is 2.71 bits per heavy atom. The second kappa shape index (κ2) is 8.04.